The number of aliphatic hydroxyl groups excluding tert-OH is 1. The van der Waals surface area contributed by atoms with Gasteiger partial charge in [-0.05, 0) is 57.0 Å². The van der Waals surface area contributed by atoms with Gasteiger partial charge in [0, 0.05) is 23.7 Å². The predicted molar refractivity (Wildman–Crippen MR) is 128 cm³/mol. The number of nitrogens with two attached hydrogens (primary N) is 1. The highest BCUT2D eigenvalue weighted by Crippen LogP contribution is 2.20. The molecule has 4 rings (SSSR count). The lowest BCUT2D eigenvalue weighted by Crippen LogP contribution is -2.33. The van der Waals surface area contributed by atoms with Crippen LogP contribution >= 0.6 is 0 Å². The molecule has 1 aliphatic heterocycles. The highest BCUT2D eigenvalue weighted by Gasteiger charge is 2.22. The van der Waals surface area contributed by atoms with Gasteiger partial charge in [0.05, 0.1) is 17.6 Å². The van der Waals surface area contributed by atoms with Crippen LogP contribution in [0.3, 0.4) is 0 Å². The van der Waals surface area contributed by atoms with Gasteiger partial charge in [-0.3, -0.25) is 15.1 Å². The Bertz CT molecular complexity index is 1160. The van der Waals surface area contributed by atoms with Crippen molar-refractivity contribution in [2.24, 2.45) is 5.73 Å². The van der Waals surface area contributed by atoms with Gasteiger partial charge < -0.3 is 15.4 Å². The van der Waals surface area contributed by atoms with Crippen LogP contribution in [0.5, 0.6) is 0 Å². The number of hydrogen-bond acceptors (Lipinski definition) is 5. The lowest BCUT2D eigenvalue weighted by atomic mass is 10.1. The number of nitrogen functional groups attached to an aromatic ring is 1. The average molecular weight is 434 g/mol. The number of aliphatic hydroxyl groups is 1. The van der Waals surface area contributed by atoms with Gasteiger partial charge in [-0.15, -0.1) is 0 Å². The smallest absolute Gasteiger partial charge is 0.277 e. The first kappa shape index (κ1) is 22.2. The van der Waals surface area contributed by atoms with Gasteiger partial charge in [-0.2, -0.15) is 0 Å². The summed E-state index contributed by atoms with van der Waals surface area (Å²) in [6, 6.07) is 15.2. The summed E-state index contributed by atoms with van der Waals surface area (Å²) in [6.45, 7) is 2.94. The minimum absolute atomic E-state index is 0.0330. The van der Waals surface area contributed by atoms with E-state index in [0.717, 1.165) is 56.2 Å². The average Bonchev–Trinajstić information content (AvgIpc) is 3.27. The summed E-state index contributed by atoms with van der Waals surface area (Å²) in [6.07, 6.45) is 5.23. The molecule has 2 aromatic carbocycles. The van der Waals surface area contributed by atoms with Crippen LogP contribution < -0.4 is 11.3 Å². The van der Waals surface area contributed by atoms with E-state index in [1.165, 1.54) is 0 Å². The Hall–Kier alpha value is -3.03. The van der Waals surface area contributed by atoms with Gasteiger partial charge in [0.15, 0.2) is 0 Å². The number of para-hydroxylation sites is 2. The van der Waals surface area contributed by atoms with Crippen molar-refractivity contribution >= 4 is 16.9 Å². The van der Waals surface area contributed by atoms with Crippen molar-refractivity contribution in [3.05, 3.63) is 64.4 Å². The van der Waals surface area contributed by atoms with Crippen LogP contribution in [0.2, 0.25) is 0 Å². The number of amidine groups is 1. The maximum atomic E-state index is 13.4. The van der Waals surface area contributed by atoms with Crippen LogP contribution in [0, 0.1) is 5.41 Å². The monoisotopic (exact) mass is 433 g/mol. The van der Waals surface area contributed by atoms with E-state index in [-0.39, 0.29) is 18.0 Å². The van der Waals surface area contributed by atoms with Crippen LogP contribution in [-0.2, 0) is 6.54 Å². The van der Waals surface area contributed by atoms with E-state index in [1.54, 1.807) is 18.2 Å². The summed E-state index contributed by atoms with van der Waals surface area (Å²) in [5.41, 5.74) is 8.76. The van der Waals surface area contributed by atoms with E-state index in [1.807, 2.05) is 34.9 Å². The van der Waals surface area contributed by atoms with E-state index in [2.05, 4.69) is 9.88 Å². The maximum Gasteiger partial charge on any atom is 0.277 e. The van der Waals surface area contributed by atoms with Gasteiger partial charge in [-0.25, -0.2) is 4.98 Å². The first-order valence-corrected chi connectivity index (χ1v) is 11.4. The molecule has 1 unspecified atom stereocenters. The lowest BCUT2D eigenvalue weighted by Gasteiger charge is -2.22. The van der Waals surface area contributed by atoms with Crippen molar-refractivity contribution in [3.8, 4) is 11.3 Å². The lowest BCUT2D eigenvalue weighted by molar-refractivity contribution is 0.157. The molecular formula is C25H31N5O2. The molecular weight excluding hydrogens is 402 g/mol. The van der Waals surface area contributed by atoms with E-state index in [9.17, 15) is 9.90 Å². The fraction of sp³-hybridized carbons (Fsp3) is 0.400. The molecule has 1 saturated heterocycles. The van der Waals surface area contributed by atoms with Crippen molar-refractivity contribution in [2.45, 2.75) is 44.7 Å². The largest absolute Gasteiger partial charge is 0.395 e. The first-order valence-electron chi connectivity index (χ1n) is 11.4. The van der Waals surface area contributed by atoms with Crippen molar-refractivity contribution in [3.63, 3.8) is 0 Å². The minimum atomic E-state index is -0.121. The minimum Gasteiger partial charge on any atom is -0.395 e. The van der Waals surface area contributed by atoms with Crippen LogP contribution in [0.4, 0.5) is 0 Å². The predicted octanol–water partition coefficient (Wildman–Crippen LogP) is 2.97. The van der Waals surface area contributed by atoms with E-state index >= 15 is 0 Å². The third kappa shape index (κ3) is 4.74. The zero-order valence-electron chi connectivity index (χ0n) is 18.3. The van der Waals surface area contributed by atoms with E-state index in [0.29, 0.717) is 29.4 Å². The maximum absolute atomic E-state index is 13.4. The molecule has 168 valence electrons. The molecule has 1 aliphatic rings. The summed E-state index contributed by atoms with van der Waals surface area (Å²) < 4.78 is 1.82. The fourth-order valence-electron chi connectivity index (χ4n) is 4.59. The van der Waals surface area contributed by atoms with Gasteiger partial charge in [0.2, 0.25) is 0 Å². The molecule has 0 saturated carbocycles. The Kier molecular flexibility index (Phi) is 6.97. The molecule has 7 heteroatoms. The quantitative estimate of drug-likeness (QED) is 0.273. The van der Waals surface area contributed by atoms with Crippen molar-refractivity contribution in [2.75, 3.05) is 19.7 Å². The summed E-state index contributed by atoms with van der Waals surface area (Å²) in [5.74, 6) is -0.0330. The van der Waals surface area contributed by atoms with Crippen molar-refractivity contribution in [1.82, 2.24) is 14.5 Å². The normalized spacial score (nSPS) is 16.6. The molecule has 7 nitrogen and oxygen atoms in total. The Balaban J connectivity index is 1.53. The molecule has 0 radical (unpaired) electrons. The van der Waals surface area contributed by atoms with Gasteiger partial charge >= 0.3 is 0 Å². The number of aromatic nitrogens is 2. The molecule has 1 fully saturated rings. The summed E-state index contributed by atoms with van der Waals surface area (Å²) in [7, 11) is 0. The fourth-order valence-corrected chi connectivity index (χ4v) is 4.59. The van der Waals surface area contributed by atoms with Crippen molar-refractivity contribution in [1.29, 1.82) is 5.41 Å². The van der Waals surface area contributed by atoms with Crippen LogP contribution in [0.1, 0.15) is 37.7 Å². The number of aryl methyl sites for hydroxylation is 1. The second-order valence-electron chi connectivity index (χ2n) is 8.48. The Morgan fingerprint density at radius 3 is 2.75 bits per heavy atom. The number of nitrogens with zero attached hydrogens (tertiary/aromatic N) is 3. The topological polar surface area (TPSA) is 108 Å². The molecule has 1 atom stereocenters. The summed E-state index contributed by atoms with van der Waals surface area (Å²) >= 11 is 0. The Morgan fingerprint density at radius 2 is 1.94 bits per heavy atom. The number of unbranched alkanes of at least 4 members (excludes halogenated alkanes) is 2. The third-order valence-corrected chi connectivity index (χ3v) is 6.34. The number of nitrogens with one attached hydrogen (secondary N) is 1. The molecule has 0 bridgehead atoms. The zero-order chi connectivity index (χ0) is 22.5. The first-order chi connectivity index (χ1) is 15.6. The summed E-state index contributed by atoms with van der Waals surface area (Å²) in [5, 5.41) is 17.2. The van der Waals surface area contributed by atoms with Crippen LogP contribution in [-0.4, -0.2) is 51.1 Å². The number of benzene rings is 2. The standard InChI is InChI=1S/C25H31N5O2/c26-24(27)19-9-6-8-18(16-19)23-25(32)30(22-12-3-2-11-21(22)28-23)15-5-1-4-13-29-14-7-10-20(29)17-31/h2-3,6,8-9,11-12,16,20,31H,1,4-5,7,10,13-15,17H2,(H3,26,27). The molecule has 0 aliphatic carbocycles. The van der Waals surface area contributed by atoms with Crippen LogP contribution in [0.15, 0.2) is 53.3 Å². The second kappa shape index (κ2) is 10.1. The number of likely N-dealkylation sites (tertiary alicyclic amines) is 1. The van der Waals surface area contributed by atoms with E-state index < -0.39 is 0 Å². The molecule has 0 spiro atoms. The zero-order valence-corrected chi connectivity index (χ0v) is 18.3. The molecule has 4 N–H and O–H groups in total. The van der Waals surface area contributed by atoms with Gasteiger partial charge in [0.1, 0.15) is 11.5 Å². The highest BCUT2D eigenvalue weighted by atomic mass is 16.3. The van der Waals surface area contributed by atoms with Gasteiger partial charge in [0.25, 0.3) is 5.56 Å². The number of fused-ring (bicyclic) bond motifs is 1. The van der Waals surface area contributed by atoms with Crippen LogP contribution in [0.25, 0.3) is 22.3 Å². The second-order valence-corrected chi connectivity index (χ2v) is 8.48. The van der Waals surface area contributed by atoms with Gasteiger partial charge in [-0.1, -0.05) is 36.8 Å². The summed E-state index contributed by atoms with van der Waals surface area (Å²) in [4.78, 5) is 20.4. The molecule has 2 heterocycles. The molecule has 3 aromatic rings. The molecule has 0 amide bonds. The highest BCUT2D eigenvalue weighted by molar-refractivity contribution is 5.96. The Morgan fingerprint density at radius 1 is 1.12 bits per heavy atom. The number of hydrogen-bond donors (Lipinski definition) is 3. The SMILES string of the molecule is N=C(N)c1cccc(-c2nc3ccccc3n(CCCCCN3CCCC3CO)c2=O)c1. The van der Waals surface area contributed by atoms with E-state index in [4.69, 9.17) is 11.1 Å². The molecule has 1 aromatic heterocycles. The molecule has 32 heavy (non-hydrogen) atoms. The Labute approximate surface area is 188 Å². The van der Waals surface area contributed by atoms with Crippen molar-refractivity contribution < 1.29 is 5.11 Å². The number of rotatable bonds is 9. The third-order valence-electron chi connectivity index (χ3n) is 6.34.